The third-order valence-electron chi connectivity index (χ3n) is 4.80. The first kappa shape index (κ1) is 13.1. The van der Waals surface area contributed by atoms with Crippen LogP contribution in [-0.2, 0) is 0 Å². The number of likely N-dealkylation sites (tertiary alicyclic amines) is 1. The molecule has 0 bridgehead atoms. The highest BCUT2D eigenvalue weighted by atomic mass is 19.1. The van der Waals surface area contributed by atoms with E-state index in [4.69, 9.17) is 4.74 Å². The molecule has 0 spiro atoms. The summed E-state index contributed by atoms with van der Waals surface area (Å²) in [4.78, 5) is 16.7. The summed E-state index contributed by atoms with van der Waals surface area (Å²) in [6.45, 7) is 2.75. The molecule has 1 saturated carbocycles. The van der Waals surface area contributed by atoms with Crippen molar-refractivity contribution in [2.75, 3.05) is 26.7 Å². The van der Waals surface area contributed by atoms with E-state index < -0.39 is 0 Å². The van der Waals surface area contributed by atoms with Gasteiger partial charge in [-0.05, 0) is 30.9 Å². The molecule has 4 nitrogen and oxygen atoms in total. The van der Waals surface area contributed by atoms with Crippen molar-refractivity contribution < 1.29 is 13.9 Å². The van der Waals surface area contributed by atoms with E-state index in [1.165, 1.54) is 31.0 Å². The number of rotatable bonds is 2. The molecule has 4 rings (SSSR count). The molecule has 0 unspecified atom stereocenters. The van der Waals surface area contributed by atoms with Crippen molar-refractivity contribution in [3.8, 4) is 5.75 Å². The van der Waals surface area contributed by atoms with E-state index in [1.807, 2.05) is 7.05 Å². The summed E-state index contributed by atoms with van der Waals surface area (Å²) in [7, 11) is 1.82. The van der Waals surface area contributed by atoms with Crippen molar-refractivity contribution in [3.05, 3.63) is 29.6 Å². The van der Waals surface area contributed by atoms with Crippen molar-refractivity contribution >= 4 is 5.91 Å². The van der Waals surface area contributed by atoms with Gasteiger partial charge >= 0.3 is 0 Å². The molecule has 2 atom stereocenters. The Hall–Kier alpha value is -1.62. The second-order valence-corrected chi connectivity index (χ2v) is 6.44. The summed E-state index contributed by atoms with van der Waals surface area (Å²) < 4.78 is 19.4. The van der Waals surface area contributed by atoms with E-state index in [0.29, 0.717) is 11.3 Å². The van der Waals surface area contributed by atoms with Gasteiger partial charge in [-0.3, -0.25) is 9.69 Å². The Morgan fingerprint density at radius 2 is 2.14 bits per heavy atom. The average Bonchev–Trinajstić information content (AvgIpc) is 3.18. The number of nitrogens with zero attached hydrogens (tertiary/aromatic N) is 2. The highest BCUT2D eigenvalue weighted by Gasteiger charge is 2.43. The number of hydrogen-bond acceptors (Lipinski definition) is 3. The Bertz CT molecular complexity index is 588. The van der Waals surface area contributed by atoms with Gasteiger partial charge < -0.3 is 9.64 Å². The maximum Gasteiger partial charge on any atom is 0.257 e. The molecular weight excluding hydrogens is 271 g/mol. The lowest BCUT2D eigenvalue weighted by Gasteiger charge is -2.25. The molecule has 1 aromatic rings. The minimum absolute atomic E-state index is 0.0479. The minimum Gasteiger partial charge on any atom is -0.486 e. The molecule has 3 aliphatic rings. The van der Waals surface area contributed by atoms with E-state index in [-0.39, 0.29) is 23.9 Å². The van der Waals surface area contributed by atoms with Gasteiger partial charge in [0.2, 0.25) is 0 Å². The van der Waals surface area contributed by atoms with Crippen LogP contribution < -0.4 is 4.74 Å². The van der Waals surface area contributed by atoms with Gasteiger partial charge in [-0.15, -0.1) is 0 Å². The standard InChI is InChI=1S/C16H19FN2O2/c1-18-13-8-19(7-10-2-3-10)9-15(13)21-14-6-11(17)4-5-12(14)16(18)20/h4-6,10,13,15H,2-3,7-9H2,1H3/t13-,15+/m1/s1. The van der Waals surface area contributed by atoms with Gasteiger partial charge in [-0.1, -0.05) is 0 Å². The fourth-order valence-corrected chi connectivity index (χ4v) is 3.41. The number of likely N-dealkylation sites (N-methyl/N-ethyl adjacent to an activating group) is 1. The molecule has 1 aromatic carbocycles. The molecule has 2 fully saturated rings. The van der Waals surface area contributed by atoms with Gasteiger partial charge in [0.25, 0.3) is 5.91 Å². The predicted molar refractivity (Wildman–Crippen MR) is 75.9 cm³/mol. The van der Waals surface area contributed by atoms with Crippen molar-refractivity contribution in [1.82, 2.24) is 9.80 Å². The van der Waals surface area contributed by atoms with Gasteiger partial charge in [-0.25, -0.2) is 4.39 Å². The zero-order valence-corrected chi connectivity index (χ0v) is 12.1. The number of halogens is 1. The lowest BCUT2D eigenvalue weighted by molar-refractivity contribution is 0.0682. The molecule has 112 valence electrons. The normalized spacial score (nSPS) is 28.9. The summed E-state index contributed by atoms with van der Waals surface area (Å²) in [6.07, 6.45) is 2.56. The lowest BCUT2D eigenvalue weighted by Crippen LogP contribution is -2.44. The van der Waals surface area contributed by atoms with Crippen LogP contribution in [0.4, 0.5) is 4.39 Å². The van der Waals surface area contributed by atoms with E-state index in [1.54, 1.807) is 4.90 Å². The molecule has 2 aliphatic heterocycles. The van der Waals surface area contributed by atoms with Gasteiger partial charge in [-0.2, -0.15) is 0 Å². The number of carbonyl (C=O) groups excluding carboxylic acids is 1. The van der Waals surface area contributed by atoms with Gasteiger partial charge in [0.15, 0.2) is 0 Å². The number of fused-ring (bicyclic) bond motifs is 2. The van der Waals surface area contributed by atoms with Crippen LogP contribution in [0.5, 0.6) is 5.75 Å². The number of amides is 1. The molecule has 0 radical (unpaired) electrons. The second-order valence-electron chi connectivity index (χ2n) is 6.44. The van der Waals surface area contributed by atoms with Crippen molar-refractivity contribution in [2.45, 2.75) is 25.0 Å². The number of hydrogen-bond donors (Lipinski definition) is 0. The first-order valence-corrected chi connectivity index (χ1v) is 7.57. The van der Waals surface area contributed by atoms with E-state index in [2.05, 4.69) is 4.90 Å². The Morgan fingerprint density at radius 1 is 1.33 bits per heavy atom. The van der Waals surface area contributed by atoms with Crippen molar-refractivity contribution in [2.24, 2.45) is 5.92 Å². The monoisotopic (exact) mass is 290 g/mol. The average molecular weight is 290 g/mol. The molecule has 5 heteroatoms. The van der Waals surface area contributed by atoms with Crippen LogP contribution in [0.2, 0.25) is 0 Å². The minimum atomic E-state index is -0.365. The Kier molecular flexibility index (Phi) is 2.92. The fourth-order valence-electron chi connectivity index (χ4n) is 3.41. The Labute approximate surface area is 123 Å². The molecule has 1 amide bonds. The number of carbonyl (C=O) groups is 1. The fraction of sp³-hybridized carbons (Fsp3) is 0.562. The zero-order valence-electron chi connectivity index (χ0n) is 12.1. The maximum atomic E-state index is 13.4. The van der Waals surface area contributed by atoms with Crippen molar-refractivity contribution in [3.63, 3.8) is 0 Å². The van der Waals surface area contributed by atoms with Gasteiger partial charge in [0.1, 0.15) is 17.7 Å². The molecule has 2 heterocycles. The van der Waals surface area contributed by atoms with Crippen LogP contribution >= 0.6 is 0 Å². The third-order valence-corrected chi connectivity index (χ3v) is 4.80. The van der Waals surface area contributed by atoms with Crippen LogP contribution in [0.1, 0.15) is 23.2 Å². The zero-order chi connectivity index (χ0) is 14.6. The smallest absolute Gasteiger partial charge is 0.257 e. The quantitative estimate of drug-likeness (QED) is 0.832. The highest BCUT2D eigenvalue weighted by molar-refractivity contribution is 5.97. The maximum absolute atomic E-state index is 13.4. The number of ether oxygens (including phenoxy) is 1. The first-order valence-electron chi connectivity index (χ1n) is 7.57. The van der Waals surface area contributed by atoms with Crippen LogP contribution in [0.15, 0.2) is 18.2 Å². The second kappa shape index (κ2) is 4.70. The molecule has 0 aromatic heterocycles. The summed E-state index contributed by atoms with van der Waals surface area (Å²) >= 11 is 0. The molecular formula is C16H19FN2O2. The molecule has 1 saturated heterocycles. The summed E-state index contributed by atoms with van der Waals surface area (Å²) in [6, 6.07) is 4.21. The van der Waals surface area contributed by atoms with Crippen LogP contribution in [-0.4, -0.2) is 54.5 Å². The first-order chi connectivity index (χ1) is 10.1. The Morgan fingerprint density at radius 3 is 2.90 bits per heavy atom. The molecule has 21 heavy (non-hydrogen) atoms. The summed E-state index contributed by atoms with van der Waals surface area (Å²) in [5.41, 5.74) is 0.460. The van der Waals surface area contributed by atoms with Gasteiger partial charge in [0, 0.05) is 32.7 Å². The highest BCUT2D eigenvalue weighted by Crippen LogP contribution is 2.34. The largest absolute Gasteiger partial charge is 0.486 e. The molecule has 1 aliphatic carbocycles. The summed E-state index contributed by atoms with van der Waals surface area (Å²) in [5.74, 6) is 0.756. The van der Waals surface area contributed by atoms with Crippen LogP contribution in [0.25, 0.3) is 0 Å². The Balaban J connectivity index is 1.62. The van der Waals surface area contributed by atoms with Crippen LogP contribution in [0, 0.1) is 11.7 Å². The predicted octanol–water partition coefficient (Wildman–Crippen LogP) is 1.75. The SMILES string of the molecule is CN1C(=O)c2ccc(F)cc2O[C@H]2CN(CC3CC3)C[C@H]21. The van der Waals surface area contributed by atoms with Gasteiger partial charge in [0.05, 0.1) is 11.6 Å². The van der Waals surface area contributed by atoms with Crippen molar-refractivity contribution in [1.29, 1.82) is 0 Å². The van der Waals surface area contributed by atoms with Crippen LogP contribution in [0.3, 0.4) is 0 Å². The third kappa shape index (κ3) is 2.29. The molecule has 0 N–H and O–H groups in total. The summed E-state index contributed by atoms with van der Waals surface area (Å²) in [5, 5.41) is 0. The lowest BCUT2D eigenvalue weighted by atomic mass is 10.1. The number of benzene rings is 1. The van der Waals surface area contributed by atoms with E-state index >= 15 is 0 Å². The van der Waals surface area contributed by atoms with E-state index in [9.17, 15) is 9.18 Å². The van der Waals surface area contributed by atoms with E-state index in [0.717, 1.165) is 25.6 Å². The topological polar surface area (TPSA) is 32.8 Å².